The van der Waals surface area contributed by atoms with Crippen LogP contribution in [0.2, 0.25) is 0 Å². The first-order chi connectivity index (χ1) is 8.09. The van der Waals surface area contributed by atoms with Crippen molar-refractivity contribution in [1.82, 2.24) is 4.90 Å². The summed E-state index contributed by atoms with van der Waals surface area (Å²) in [6.07, 6.45) is 1.48. The van der Waals surface area contributed by atoms with E-state index in [0.29, 0.717) is 30.8 Å². The number of rotatable bonds is 1. The second-order valence-corrected chi connectivity index (χ2v) is 3.95. The van der Waals surface area contributed by atoms with Gasteiger partial charge >= 0.3 is 6.09 Å². The Balaban J connectivity index is 2.25. The summed E-state index contributed by atoms with van der Waals surface area (Å²) in [5.74, 6) is 0.0718. The fraction of sp³-hybridized carbons (Fsp3) is 0.250. The number of benzene rings is 1. The number of hydrogen-bond acceptors (Lipinski definition) is 3. The number of carboxylic acid groups (broad SMARTS) is 1. The van der Waals surface area contributed by atoms with Gasteiger partial charge in [0.25, 0.3) is 0 Å². The summed E-state index contributed by atoms with van der Waals surface area (Å²) in [6, 6.07) is 5.19. The molecular weight excluding hydrogens is 220 g/mol. The Bertz CT molecular complexity index is 483. The van der Waals surface area contributed by atoms with Gasteiger partial charge in [-0.1, -0.05) is 18.2 Å². The molecule has 1 aromatic rings. The largest absolute Gasteiger partial charge is 0.505 e. The molecule has 0 fully saturated rings. The molecule has 0 aromatic heterocycles. The van der Waals surface area contributed by atoms with Crippen LogP contribution in [0.1, 0.15) is 12.0 Å². The summed E-state index contributed by atoms with van der Waals surface area (Å²) in [7, 11) is 0. The summed E-state index contributed by atoms with van der Waals surface area (Å²) in [4.78, 5) is 12.1. The predicted molar refractivity (Wildman–Crippen MR) is 64.7 cm³/mol. The van der Waals surface area contributed by atoms with E-state index in [1.165, 1.54) is 4.90 Å². The maximum absolute atomic E-state index is 10.7. The highest BCUT2D eigenvalue weighted by Crippen LogP contribution is 2.33. The SMILES string of the molecule is Nc1cccc(C2=CCN(C(=O)O)CC2)c1O. The number of phenols is 1. The van der Waals surface area contributed by atoms with E-state index in [-0.39, 0.29) is 5.75 Å². The number of para-hydroxylation sites is 1. The lowest BCUT2D eigenvalue weighted by atomic mass is 9.98. The Labute approximate surface area is 98.8 Å². The number of amides is 1. The molecule has 0 bridgehead atoms. The smallest absolute Gasteiger partial charge is 0.407 e. The second-order valence-electron chi connectivity index (χ2n) is 3.95. The highest BCUT2D eigenvalue weighted by atomic mass is 16.4. The van der Waals surface area contributed by atoms with Gasteiger partial charge in [-0.15, -0.1) is 0 Å². The van der Waals surface area contributed by atoms with E-state index >= 15 is 0 Å². The molecule has 1 aliphatic rings. The zero-order chi connectivity index (χ0) is 12.4. The molecule has 17 heavy (non-hydrogen) atoms. The number of nitrogens with zero attached hydrogens (tertiary/aromatic N) is 1. The summed E-state index contributed by atoms with van der Waals surface area (Å²) < 4.78 is 0. The van der Waals surface area contributed by atoms with Gasteiger partial charge in [-0.3, -0.25) is 0 Å². The van der Waals surface area contributed by atoms with E-state index in [1.807, 2.05) is 6.08 Å². The molecule has 0 saturated heterocycles. The van der Waals surface area contributed by atoms with E-state index in [2.05, 4.69) is 0 Å². The fourth-order valence-electron chi connectivity index (χ4n) is 1.91. The van der Waals surface area contributed by atoms with Crippen LogP contribution in [0.25, 0.3) is 5.57 Å². The van der Waals surface area contributed by atoms with Gasteiger partial charge in [0.1, 0.15) is 5.75 Å². The number of nitrogen functional groups attached to an aromatic ring is 1. The van der Waals surface area contributed by atoms with Crippen LogP contribution in [0, 0.1) is 0 Å². The van der Waals surface area contributed by atoms with Gasteiger partial charge in [-0.05, 0) is 18.1 Å². The molecule has 0 radical (unpaired) electrons. The lowest BCUT2D eigenvalue weighted by Crippen LogP contribution is -2.33. The van der Waals surface area contributed by atoms with E-state index in [9.17, 15) is 9.90 Å². The Morgan fingerprint density at radius 1 is 1.41 bits per heavy atom. The van der Waals surface area contributed by atoms with Crippen molar-refractivity contribution in [2.75, 3.05) is 18.8 Å². The lowest BCUT2D eigenvalue weighted by molar-refractivity contribution is 0.150. The van der Waals surface area contributed by atoms with Crippen molar-refractivity contribution in [3.8, 4) is 5.75 Å². The molecule has 0 spiro atoms. The Morgan fingerprint density at radius 3 is 2.76 bits per heavy atom. The van der Waals surface area contributed by atoms with E-state index in [1.54, 1.807) is 18.2 Å². The topological polar surface area (TPSA) is 86.8 Å². The van der Waals surface area contributed by atoms with Crippen LogP contribution in [-0.2, 0) is 0 Å². The molecule has 0 aliphatic carbocycles. The van der Waals surface area contributed by atoms with E-state index in [0.717, 1.165) is 5.57 Å². The van der Waals surface area contributed by atoms with Crippen LogP contribution in [0.5, 0.6) is 5.75 Å². The number of nitrogens with two attached hydrogens (primary N) is 1. The number of aromatic hydroxyl groups is 1. The molecule has 0 atom stereocenters. The van der Waals surface area contributed by atoms with Crippen molar-refractivity contribution < 1.29 is 15.0 Å². The van der Waals surface area contributed by atoms with Crippen molar-refractivity contribution in [2.24, 2.45) is 0 Å². The van der Waals surface area contributed by atoms with Gasteiger partial charge in [-0.2, -0.15) is 0 Å². The van der Waals surface area contributed by atoms with Crippen LogP contribution >= 0.6 is 0 Å². The quantitative estimate of drug-likeness (QED) is 0.510. The maximum Gasteiger partial charge on any atom is 0.407 e. The molecule has 4 N–H and O–H groups in total. The van der Waals surface area contributed by atoms with Crippen LogP contribution in [0.15, 0.2) is 24.3 Å². The van der Waals surface area contributed by atoms with E-state index < -0.39 is 6.09 Å². The predicted octanol–water partition coefficient (Wildman–Crippen LogP) is 1.74. The van der Waals surface area contributed by atoms with Crippen LogP contribution in [0.4, 0.5) is 10.5 Å². The van der Waals surface area contributed by atoms with Gasteiger partial charge in [0.15, 0.2) is 0 Å². The Kier molecular flexibility index (Phi) is 2.91. The van der Waals surface area contributed by atoms with Crippen molar-refractivity contribution in [3.05, 3.63) is 29.8 Å². The molecule has 1 heterocycles. The molecule has 1 aliphatic heterocycles. The third-order valence-corrected chi connectivity index (χ3v) is 2.89. The van der Waals surface area contributed by atoms with Gasteiger partial charge in [0, 0.05) is 18.7 Å². The lowest BCUT2D eigenvalue weighted by Gasteiger charge is -2.24. The summed E-state index contributed by atoms with van der Waals surface area (Å²) >= 11 is 0. The first-order valence-corrected chi connectivity index (χ1v) is 5.34. The van der Waals surface area contributed by atoms with Crippen molar-refractivity contribution >= 4 is 17.4 Å². The fourth-order valence-corrected chi connectivity index (χ4v) is 1.91. The van der Waals surface area contributed by atoms with Crippen molar-refractivity contribution in [1.29, 1.82) is 0 Å². The number of phenolic OH excluding ortho intramolecular Hbond substituents is 1. The first kappa shape index (κ1) is 11.3. The van der Waals surface area contributed by atoms with Gasteiger partial charge in [0.2, 0.25) is 0 Å². The third-order valence-electron chi connectivity index (χ3n) is 2.89. The Hall–Kier alpha value is -2.17. The van der Waals surface area contributed by atoms with Crippen molar-refractivity contribution in [3.63, 3.8) is 0 Å². The molecule has 90 valence electrons. The Morgan fingerprint density at radius 2 is 2.18 bits per heavy atom. The van der Waals surface area contributed by atoms with Gasteiger partial charge in [0.05, 0.1) is 5.69 Å². The number of carbonyl (C=O) groups is 1. The third kappa shape index (κ3) is 2.18. The average Bonchev–Trinajstić information content (AvgIpc) is 2.33. The molecule has 0 unspecified atom stereocenters. The average molecular weight is 234 g/mol. The van der Waals surface area contributed by atoms with Crippen LogP contribution < -0.4 is 5.73 Å². The maximum atomic E-state index is 10.7. The van der Waals surface area contributed by atoms with Crippen LogP contribution in [0.3, 0.4) is 0 Å². The standard InChI is InChI=1S/C12H14N2O3/c13-10-3-1-2-9(11(10)15)8-4-6-14(7-5-8)12(16)17/h1-4,15H,5-7,13H2,(H,16,17). The molecule has 2 rings (SSSR count). The van der Waals surface area contributed by atoms with Gasteiger partial charge < -0.3 is 20.8 Å². The zero-order valence-electron chi connectivity index (χ0n) is 9.26. The minimum atomic E-state index is -0.919. The molecule has 0 saturated carbocycles. The normalized spacial score (nSPS) is 15.5. The number of hydrogen-bond donors (Lipinski definition) is 3. The highest BCUT2D eigenvalue weighted by molar-refractivity contribution is 5.77. The monoisotopic (exact) mass is 234 g/mol. The summed E-state index contributed by atoms with van der Waals surface area (Å²) in [6.45, 7) is 0.786. The molecule has 1 amide bonds. The second kappa shape index (κ2) is 4.37. The first-order valence-electron chi connectivity index (χ1n) is 5.34. The molecule has 1 aromatic carbocycles. The number of anilines is 1. The van der Waals surface area contributed by atoms with Gasteiger partial charge in [-0.25, -0.2) is 4.79 Å². The minimum Gasteiger partial charge on any atom is -0.505 e. The summed E-state index contributed by atoms with van der Waals surface area (Å²) in [5, 5.41) is 18.7. The van der Waals surface area contributed by atoms with Crippen LogP contribution in [-0.4, -0.2) is 34.3 Å². The molecule has 5 nitrogen and oxygen atoms in total. The van der Waals surface area contributed by atoms with E-state index in [4.69, 9.17) is 10.8 Å². The summed E-state index contributed by atoms with van der Waals surface area (Å²) in [5.41, 5.74) is 7.59. The molecule has 5 heteroatoms. The minimum absolute atomic E-state index is 0.0718. The van der Waals surface area contributed by atoms with Crippen molar-refractivity contribution in [2.45, 2.75) is 6.42 Å². The molecular formula is C12H14N2O3. The highest BCUT2D eigenvalue weighted by Gasteiger charge is 2.18. The zero-order valence-corrected chi connectivity index (χ0v) is 9.26.